The highest BCUT2D eigenvalue weighted by atomic mass is 79.9. The molecule has 0 saturated carbocycles. The van der Waals surface area contributed by atoms with Gasteiger partial charge >= 0.3 is 0 Å². The lowest BCUT2D eigenvalue weighted by atomic mass is 9.98. The molecule has 0 radical (unpaired) electrons. The van der Waals surface area contributed by atoms with Gasteiger partial charge < -0.3 is 10.6 Å². The molecule has 1 atom stereocenters. The van der Waals surface area contributed by atoms with Crippen LogP contribution in [0.15, 0.2) is 46.9 Å². The molecule has 0 amide bonds. The van der Waals surface area contributed by atoms with E-state index in [4.69, 9.17) is 17.3 Å². The molecule has 0 aromatic heterocycles. The van der Waals surface area contributed by atoms with Crippen molar-refractivity contribution in [3.8, 4) is 0 Å². The van der Waals surface area contributed by atoms with Gasteiger partial charge in [0.15, 0.2) is 0 Å². The number of rotatable bonds is 2. The number of fused-ring (bicyclic) bond motifs is 1. The molecule has 4 heteroatoms. The molecule has 1 heterocycles. The summed E-state index contributed by atoms with van der Waals surface area (Å²) in [7, 11) is 0. The molecule has 0 saturated heterocycles. The number of halogens is 2. The van der Waals surface area contributed by atoms with Gasteiger partial charge in [0.2, 0.25) is 0 Å². The highest BCUT2D eigenvalue weighted by Crippen LogP contribution is 2.30. The molecule has 0 aliphatic carbocycles. The Bertz CT molecular complexity index is 630. The molecule has 1 aliphatic rings. The monoisotopic (exact) mass is 350 g/mol. The number of hydrogen-bond donors (Lipinski definition) is 1. The van der Waals surface area contributed by atoms with Gasteiger partial charge in [-0.25, -0.2) is 0 Å². The van der Waals surface area contributed by atoms with Gasteiger partial charge in [-0.3, -0.25) is 0 Å². The van der Waals surface area contributed by atoms with Crippen LogP contribution in [-0.2, 0) is 13.0 Å². The van der Waals surface area contributed by atoms with E-state index in [-0.39, 0.29) is 6.04 Å². The smallest absolute Gasteiger partial charge is 0.0467 e. The average molecular weight is 352 g/mol. The Morgan fingerprint density at radius 3 is 2.85 bits per heavy atom. The number of nitrogens with two attached hydrogens (primary N) is 1. The van der Waals surface area contributed by atoms with E-state index in [1.807, 2.05) is 12.1 Å². The van der Waals surface area contributed by atoms with Gasteiger partial charge in [0.25, 0.3) is 0 Å². The van der Waals surface area contributed by atoms with Crippen LogP contribution in [0.1, 0.15) is 11.1 Å². The third-order valence-corrected chi connectivity index (χ3v) is 4.49. The van der Waals surface area contributed by atoms with Crippen molar-refractivity contribution in [1.82, 2.24) is 0 Å². The van der Waals surface area contributed by atoms with E-state index in [2.05, 4.69) is 51.2 Å². The Morgan fingerprint density at radius 1 is 1.25 bits per heavy atom. The Kier molecular flexibility index (Phi) is 4.01. The van der Waals surface area contributed by atoms with Gasteiger partial charge in [-0.05, 0) is 35.7 Å². The first-order chi connectivity index (χ1) is 9.63. The topological polar surface area (TPSA) is 29.3 Å². The van der Waals surface area contributed by atoms with Crippen LogP contribution in [0.4, 0.5) is 5.69 Å². The van der Waals surface area contributed by atoms with Gasteiger partial charge in [-0.15, -0.1) is 0 Å². The third-order valence-electron chi connectivity index (χ3n) is 3.65. The molecule has 104 valence electrons. The van der Waals surface area contributed by atoms with E-state index in [1.54, 1.807) is 0 Å². The molecule has 0 fully saturated rings. The van der Waals surface area contributed by atoms with Crippen molar-refractivity contribution < 1.29 is 0 Å². The van der Waals surface area contributed by atoms with E-state index >= 15 is 0 Å². The molecule has 2 nitrogen and oxygen atoms in total. The van der Waals surface area contributed by atoms with Crippen LogP contribution >= 0.6 is 27.5 Å². The zero-order valence-electron chi connectivity index (χ0n) is 11.0. The first kappa shape index (κ1) is 13.9. The lowest BCUT2D eigenvalue weighted by Crippen LogP contribution is -2.42. The summed E-state index contributed by atoms with van der Waals surface area (Å²) in [4.78, 5) is 2.32. The van der Waals surface area contributed by atoms with E-state index in [0.29, 0.717) is 0 Å². The minimum absolute atomic E-state index is 0.180. The maximum Gasteiger partial charge on any atom is 0.0467 e. The first-order valence-electron chi connectivity index (χ1n) is 6.66. The van der Waals surface area contributed by atoms with E-state index in [0.717, 1.165) is 34.6 Å². The van der Waals surface area contributed by atoms with Crippen LogP contribution in [-0.4, -0.2) is 12.6 Å². The number of nitrogens with zero attached hydrogens (tertiary/aromatic N) is 1. The predicted molar refractivity (Wildman–Crippen MR) is 88.3 cm³/mol. The molecular formula is C16H16BrClN2. The Balaban J connectivity index is 1.91. The second-order valence-electron chi connectivity index (χ2n) is 5.21. The quantitative estimate of drug-likeness (QED) is 0.886. The minimum atomic E-state index is 0.180. The fourth-order valence-corrected chi connectivity index (χ4v) is 3.46. The third kappa shape index (κ3) is 2.85. The summed E-state index contributed by atoms with van der Waals surface area (Å²) in [6, 6.07) is 14.7. The van der Waals surface area contributed by atoms with Crippen LogP contribution in [0.5, 0.6) is 0 Å². The maximum absolute atomic E-state index is 6.32. The summed E-state index contributed by atoms with van der Waals surface area (Å²) >= 11 is 9.76. The van der Waals surface area contributed by atoms with Crippen LogP contribution < -0.4 is 10.6 Å². The SMILES string of the molecule is NC1Cc2ccccc2N(Cc2ccc(Br)cc2Cl)C1. The second kappa shape index (κ2) is 5.76. The molecular weight excluding hydrogens is 336 g/mol. The standard InChI is InChI=1S/C16H16BrClN2/c17-13-6-5-12(15(18)8-13)9-20-10-14(19)7-11-3-1-2-4-16(11)20/h1-6,8,14H,7,9-10,19H2. The number of hydrogen-bond acceptors (Lipinski definition) is 2. The van der Waals surface area contributed by atoms with Crippen LogP contribution in [0.25, 0.3) is 0 Å². The molecule has 1 unspecified atom stereocenters. The second-order valence-corrected chi connectivity index (χ2v) is 6.53. The van der Waals surface area contributed by atoms with Gasteiger partial charge in [-0.2, -0.15) is 0 Å². The predicted octanol–water partition coefficient (Wildman–Crippen LogP) is 3.99. The summed E-state index contributed by atoms with van der Waals surface area (Å²) in [6.07, 6.45) is 0.945. The summed E-state index contributed by atoms with van der Waals surface area (Å²) in [5.41, 5.74) is 9.89. The Labute approximate surface area is 132 Å². The average Bonchev–Trinajstić information content (AvgIpc) is 2.41. The first-order valence-corrected chi connectivity index (χ1v) is 7.83. The summed E-state index contributed by atoms with van der Waals surface area (Å²) in [5.74, 6) is 0. The zero-order valence-corrected chi connectivity index (χ0v) is 13.4. The molecule has 3 rings (SSSR count). The van der Waals surface area contributed by atoms with Gasteiger partial charge in [0.1, 0.15) is 0 Å². The molecule has 2 aromatic rings. The van der Waals surface area contributed by atoms with Crippen LogP contribution in [0.3, 0.4) is 0 Å². The number of para-hydroxylation sites is 1. The van der Waals surface area contributed by atoms with Crippen molar-refractivity contribution >= 4 is 33.2 Å². The fraction of sp³-hybridized carbons (Fsp3) is 0.250. The molecule has 2 N–H and O–H groups in total. The number of anilines is 1. The van der Waals surface area contributed by atoms with Crippen molar-refractivity contribution in [1.29, 1.82) is 0 Å². The van der Waals surface area contributed by atoms with Crippen molar-refractivity contribution in [2.24, 2.45) is 5.73 Å². The Hall–Kier alpha value is -1.03. The van der Waals surface area contributed by atoms with Gasteiger partial charge in [0, 0.05) is 34.3 Å². The largest absolute Gasteiger partial charge is 0.365 e. The minimum Gasteiger partial charge on any atom is -0.365 e. The number of benzene rings is 2. The Morgan fingerprint density at radius 2 is 2.05 bits per heavy atom. The lowest BCUT2D eigenvalue weighted by molar-refractivity contribution is 0.599. The maximum atomic E-state index is 6.32. The van der Waals surface area contributed by atoms with E-state index < -0.39 is 0 Å². The highest BCUT2D eigenvalue weighted by Gasteiger charge is 2.22. The molecule has 20 heavy (non-hydrogen) atoms. The van der Waals surface area contributed by atoms with Crippen LogP contribution in [0, 0.1) is 0 Å². The summed E-state index contributed by atoms with van der Waals surface area (Å²) in [5, 5.41) is 0.788. The lowest BCUT2D eigenvalue weighted by Gasteiger charge is -2.35. The van der Waals surface area contributed by atoms with Crippen molar-refractivity contribution in [3.05, 3.63) is 63.1 Å². The van der Waals surface area contributed by atoms with Gasteiger partial charge in [-0.1, -0.05) is 51.8 Å². The molecule has 1 aliphatic heterocycles. The van der Waals surface area contributed by atoms with Gasteiger partial charge in [0.05, 0.1) is 0 Å². The van der Waals surface area contributed by atoms with E-state index in [9.17, 15) is 0 Å². The normalized spacial score (nSPS) is 17.9. The fourth-order valence-electron chi connectivity index (χ4n) is 2.73. The zero-order chi connectivity index (χ0) is 14.1. The molecule has 0 spiro atoms. The van der Waals surface area contributed by atoms with Crippen LogP contribution in [0.2, 0.25) is 5.02 Å². The van der Waals surface area contributed by atoms with Crippen molar-refractivity contribution in [3.63, 3.8) is 0 Å². The molecule has 2 aromatic carbocycles. The van der Waals surface area contributed by atoms with Crippen molar-refractivity contribution in [2.75, 3.05) is 11.4 Å². The summed E-state index contributed by atoms with van der Waals surface area (Å²) < 4.78 is 1.00. The molecule has 0 bridgehead atoms. The van der Waals surface area contributed by atoms with E-state index in [1.165, 1.54) is 11.3 Å². The summed E-state index contributed by atoms with van der Waals surface area (Å²) in [6.45, 7) is 1.65. The van der Waals surface area contributed by atoms with Crippen molar-refractivity contribution in [2.45, 2.75) is 19.0 Å². The highest BCUT2D eigenvalue weighted by molar-refractivity contribution is 9.10.